The Hall–Kier alpha value is -0.610. The maximum Gasteiger partial charge on any atom is 0.234 e. The number of rotatable bonds is 7. The van der Waals surface area contributed by atoms with E-state index in [4.69, 9.17) is 0 Å². The second kappa shape index (κ2) is 6.53. The van der Waals surface area contributed by atoms with Gasteiger partial charge in [-0.3, -0.25) is 9.69 Å². The Morgan fingerprint density at radius 1 is 1.39 bits per heavy atom. The van der Waals surface area contributed by atoms with E-state index in [0.717, 1.165) is 25.6 Å². The summed E-state index contributed by atoms with van der Waals surface area (Å²) in [6.45, 7) is 7.89. The summed E-state index contributed by atoms with van der Waals surface area (Å²) in [6, 6.07) is 1.00. The Morgan fingerprint density at radius 3 is 2.72 bits per heavy atom. The molecular weight excluding hydrogens is 226 g/mol. The summed E-state index contributed by atoms with van der Waals surface area (Å²) in [5.41, 5.74) is 0. The van der Waals surface area contributed by atoms with Crippen LogP contribution in [0.2, 0.25) is 0 Å². The van der Waals surface area contributed by atoms with Crippen molar-refractivity contribution in [3.63, 3.8) is 0 Å². The zero-order valence-corrected chi connectivity index (χ0v) is 11.7. The van der Waals surface area contributed by atoms with Crippen LogP contribution in [-0.2, 0) is 4.79 Å². The van der Waals surface area contributed by atoms with E-state index in [9.17, 15) is 4.79 Å². The van der Waals surface area contributed by atoms with Crippen LogP contribution in [0.15, 0.2) is 0 Å². The molecule has 1 aliphatic carbocycles. The van der Waals surface area contributed by atoms with Gasteiger partial charge in [0.1, 0.15) is 0 Å². The quantitative estimate of drug-likeness (QED) is 0.711. The number of hydrogen-bond acceptors (Lipinski definition) is 3. The molecule has 1 aliphatic heterocycles. The molecule has 0 aromatic heterocycles. The molecule has 1 atom stereocenters. The van der Waals surface area contributed by atoms with E-state index in [0.29, 0.717) is 18.6 Å². The van der Waals surface area contributed by atoms with Crippen LogP contribution in [0.5, 0.6) is 0 Å². The number of nitrogens with one attached hydrogen (secondary N) is 2. The van der Waals surface area contributed by atoms with Crippen molar-refractivity contribution in [1.82, 2.24) is 15.5 Å². The molecule has 0 bridgehead atoms. The lowest BCUT2D eigenvalue weighted by atomic mass is 10.2. The zero-order chi connectivity index (χ0) is 13.0. The Morgan fingerprint density at radius 2 is 2.17 bits per heavy atom. The van der Waals surface area contributed by atoms with Crippen LogP contribution in [0.4, 0.5) is 0 Å². The van der Waals surface area contributed by atoms with E-state index in [1.807, 2.05) is 0 Å². The number of carbonyl (C=O) groups excluding carboxylic acids is 1. The van der Waals surface area contributed by atoms with Crippen LogP contribution < -0.4 is 10.6 Å². The summed E-state index contributed by atoms with van der Waals surface area (Å²) >= 11 is 0. The standard InChI is InChI=1S/C14H27N3O/c1-11(2)17(9-13-4-3-7-15-13)10-14(18)16-8-12-5-6-12/h11-13,15H,3-10H2,1-2H3,(H,16,18). The van der Waals surface area contributed by atoms with Gasteiger partial charge in [0.2, 0.25) is 5.91 Å². The lowest BCUT2D eigenvalue weighted by Crippen LogP contribution is -2.46. The molecule has 1 heterocycles. The van der Waals surface area contributed by atoms with Crippen LogP contribution in [0, 0.1) is 5.92 Å². The molecule has 2 N–H and O–H groups in total. The summed E-state index contributed by atoms with van der Waals surface area (Å²) in [5.74, 6) is 0.951. The van der Waals surface area contributed by atoms with E-state index in [1.165, 1.54) is 25.7 Å². The SMILES string of the molecule is CC(C)N(CC(=O)NCC1CC1)CC1CCCN1. The van der Waals surface area contributed by atoms with Crippen molar-refractivity contribution in [2.75, 3.05) is 26.2 Å². The third-order valence-electron chi connectivity index (χ3n) is 3.98. The van der Waals surface area contributed by atoms with Gasteiger partial charge < -0.3 is 10.6 Å². The van der Waals surface area contributed by atoms with Gasteiger partial charge in [0.05, 0.1) is 6.54 Å². The maximum atomic E-state index is 11.9. The normalized spacial score (nSPS) is 23.9. The fourth-order valence-electron chi connectivity index (χ4n) is 2.47. The van der Waals surface area contributed by atoms with Crippen molar-refractivity contribution in [2.24, 2.45) is 5.92 Å². The molecule has 2 aliphatic rings. The molecule has 0 spiro atoms. The minimum absolute atomic E-state index is 0.189. The Balaban J connectivity index is 1.71. The summed E-state index contributed by atoms with van der Waals surface area (Å²) in [5, 5.41) is 6.56. The highest BCUT2D eigenvalue weighted by Crippen LogP contribution is 2.27. The second-order valence-electron chi connectivity index (χ2n) is 6.06. The first-order valence-electron chi connectivity index (χ1n) is 7.39. The summed E-state index contributed by atoms with van der Waals surface area (Å²) in [6.07, 6.45) is 5.09. The van der Waals surface area contributed by atoms with Crippen LogP contribution >= 0.6 is 0 Å². The number of hydrogen-bond donors (Lipinski definition) is 2. The molecule has 1 saturated carbocycles. The predicted octanol–water partition coefficient (Wildman–Crippen LogP) is 0.975. The van der Waals surface area contributed by atoms with E-state index in [2.05, 4.69) is 29.4 Å². The van der Waals surface area contributed by atoms with Crippen molar-refractivity contribution < 1.29 is 4.79 Å². The Kier molecular flexibility index (Phi) is 5.01. The molecule has 104 valence electrons. The van der Waals surface area contributed by atoms with E-state index >= 15 is 0 Å². The zero-order valence-electron chi connectivity index (χ0n) is 11.7. The first-order chi connectivity index (χ1) is 8.65. The molecule has 1 unspecified atom stereocenters. The fraction of sp³-hybridized carbons (Fsp3) is 0.929. The minimum Gasteiger partial charge on any atom is -0.355 e. The van der Waals surface area contributed by atoms with Crippen molar-refractivity contribution in [2.45, 2.75) is 51.6 Å². The second-order valence-corrected chi connectivity index (χ2v) is 6.06. The van der Waals surface area contributed by atoms with Crippen molar-refractivity contribution in [1.29, 1.82) is 0 Å². The molecule has 1 amide bonds. The molecule has 2 fully saturated rings. The third kappa shape index (κ3) is 4.58. The smallest absolute Gasteiger partial charge is 0.234 e. The highest BCUT2D eigenvalue weighted by Gasteiger charge is 2.24. The van der Waals surface area contributed by atoms with Gasteiger partial charge in [0.15, 0.2) is 0 Å². The van der Waals surface area contributed by atoms with Crippen molar-refractivity contribution in [3.8, 4) is 0 Å². The first kappa shape index (κ1) is 13.8. The number of amides is 1. The Bertz CT molecular complexity index is 270. The lowest BCUT2D eigenvalue weighted by Gasteiger charge is -2.28. The maximum absolute atomic E-state index is 11.9. The molecule has 1 saturated heterocycles. The van der Waals surface area contributed by atoms with Crippen molar-refractivity contribution in [3.05, 3.63) is 0 Å². The number of carbonyl (C=O) groups is 1. The van der Waals surface area contributed by atoms with Crippen LogP contribution in [0.1, 0.15) is 39.5 Å². The molecule has 0 radical (unpaired) electrons. The molecule has 18 heavy (non-hydrogen) atoms. The van der Waals surface area contributed by atoms with Gasteiger partial charge in [-0.05, 0) is 52.0 Å². The largest absolute Gasteiger partial charge is 0.355 e. The minimum atomic E-state index is 0.189. The topological polar surface area (TPSA) is 44.4 Å². The van der Waals surface area contributed by atoms with Gasteiger partial charge in [-0.1, -0.05) is 0 Å². The number of nitrogens with zero attached hydrogens (tertiary/aromatic N) is 1. The summed E-state index contributed by atoms with van der Waals surface area (Å²) < 4.78 is 0. The summed E-state index contributed by atoms with van der Waals surface area (Å²) in [7, 11) is 0. The highest BCUT2D eigenvalue weighted by molar-refractivity contribution is 5.78. The van der Waals surface area contributed by atoms with Gasteiger partial charge in [-0.25, -0.2) is 0 Å². The van der Waals surface area contributed by atoms with Gasteiger partial charge >= 0.3 is 0 Å². The Labute approximate surface area is 110 Å². The molecule has 4 heteroatoms. The van der Waals surface area contributed by atoms with Gasteiger partial charge in [0.25, 0.3) is 0 Å². The first-order valence-corrected chi connectivity index (χ1v) is 7.39. The fourth-order valence-corrected chi connectivity index (χ4v) is 2.47. The lowest BCUT2D eigenvalue weighted by molar-refractivity contribution is -0.122. The monoisotopic (exact) mass is 253 g/mol. The predicted molar refractivity (Wildman–Crippen MR) is 73.5 cm³/mol. The molecule has 0 aromatic rings. The van der Waals surface area contributed by atoms with E-state index in [1.54, 1.807) is 0 Å². The average Bonchev–Trinajstić information content (AvgIpc) is 3.02. The molecule has 0 aromatic carbocycles. The van der Waals surface area contributed by atoms with Crippen molar-refractivity contribution >= 4 is 5.91 Å². The molecular formula is C14H27N3O. The summed E-state index contributed by atoms with van der Waals surface area (Å²) in [4.78, 5) is 14.2. The highest BCUT2D eigenvalue weighted by atomic mass is 16.2. The molecule has 2 rings (SSSR count). The van der Waals surface area contributed by atoms with Gasteiger partial charge in [-0.2, -0.15) is 0 Å². The average molecular weight is 253 g/mol. The van der Waals surface area contributed by atoms with Gasteiger partial charge in [-0.15, -0.1) is 0 Å². The van der Waals surface area contributed by atoms with Crippen LogP contribution in [0.25, 0.3) is 0 Å². The third-order valence-corrected chi connectivity index (χ3v) is 3.98. The molecule has 4 nitrogen and oxygen atoms in total. The van der Waals surface area contributed by atoms with Crippen LogP contribution in [0.3, 0.4) is 0 Å². The van der Waals surface area contributed by atoms with E-state index < -0.39 is 0 Å². The van der Waals surface area contributed by atoms with E-state index in [-0.39, 0.29) is 5.91 Å². The van der Waals surface area contributed by atoms with Crippen LogP contribution in [-0.4, -0.2) is 49.1 Å². The van der Waals surface area contributed by atoms with Gasteiger partial charge in [0, 0.05) is 25.2 Å².